The normalized spacial score (nSPS) is 12.2. The van der Waals surface area contributed by atoms with Crippen molar-refractivity contribution in [3.63, 3.8) is 0 Å². The molecule has 1 aromatic carbocycles. The predicted octanol–water partition coefficient (Wildman–Crippen LogP) is 0.932. The van der Waals surface area contributed by atoms with Gasteiger partial charge in [0.1, 0.15) is 6.04 Å². The summed E-state index contributed by atoms with van der Waals surface area (Å²) in [6.07, 6.45) is 0. The van der Waals surface area contributed by atoms with E-state index in [1.807, 2.05) is 31.2 Å². The van der Waals surface area contributed by atoms with E-state index >= 15 is 0 Å². The first-order valence-electron chi connectivity index (χ1n) is 5.15. The number of carbonyl (C=O) groups excluding carboxylic acids is 1. The number of hydrogen-bond donors (Lipinski definition) is 1. The van der Waals surface area contributed by atoms with Gasteiger partial charge in [0.15, 0.2) is 0 Å². The lowest BCUT2D eigenvalue weighted by Crippen LogP contribution is -2.44. The standard InChI is InChI=1S/C12H18N2O2/c1-9-4-6-10(7-5-9)14(2)12(15)11(13)8-16-3/h4-7,11H,8,13H2,1-3H3. The zero-order valence-electron chi connectivity index (χ0n) is 9.93. The summed E-state index contributed by atoms with van der Waals surface area (Å²) >= 11 is 0. The van der Waals surface area contributed by atoms with Gasteiger partial charge in [0, 0.05) is 19.8 Å². The Balaban J connectivity index is 2.73. The molecule has 0 aliphatic carbocycles. The van der Waals surface area contributed by atoms with Crippen molar-refractivity contribution in [2.45, 2.75) is 13.0 Å². The van der Waals surface area contributed by atoms with E-state index in [9.17, 15) is 4.79 Å². The van der Waals surface area contributed by atoms with Gasteiger partial charge in [-0.3, -0.25) is 4.79 Å². The minimum Gasteiger partial charge on any atom is -0.383 e. The molecule has 2 N–H and O–H groups in total. The molecule has 0 radical (unpaired) electrons. The Bertz CT molecular complexity index is 349. The summed E-state index contributed by atoms with van der Waals surface area (Å²) in [4.78, 5) is 13.4. The molecule has 1 amide bonds. The number of amides is 1. The van der Waals surface area contributed by atoms with Crippen LogP contribution in [-0.4, -0.2) is 32.7 Å². The highest BCUT2D eigenvalue weighted by Crippen LogP contribution is 2.13. The summed E-state index contributed by atoms with van der Waals surface area (Å²) in [6.45, 7) is 2.23. The molecule has 0 aromatic heterocycles. The van der Waals surface area contributed by atoms with Crippen LogP contribution in [0.2, 0.25) is 0 Å². The van der Waals surface area contributed by atoms with Crippen LogP contribution < -0.4 is 10.6 Å². The van der Waals surface area contributed by atoms with E-state index < -0.39 is 6.04 Å². The maximum Gasteiger partial charge on any atom is 0.246 e. The molecule has 1 rings (SSSR count). The first kappa shape index (κ1) is 12.7. The zero-order valence-corrected chi connectivity index (χ0v) is 9.93. The summed E-state index contributed by atoms with van der Waals surface area (Å²) in [5, 5.41) is 0. The van der Waals surface area contributed by atoms with E-state index in [2.05, 4.69) is 0 Å². The molecule has 16 heavy (non-hydrogen) atoms. The zero-order chi connectivity index (χ0) is 12.1. The van der Waals surface area contributed by atoms with Crippen LogP contribution >= 0.6 is 0 Å². The van der Waals surface area contributed by atoms with Crippen LogP contribution in [0.3, 0.4) is 0 Å². The fraction of sp³-hybridized carbons (Fsp3) is 0.417. The van der Waals surface area contributed by atoms with Crippen molar-refractivity contribution in [3.05, 3.63) is 29.8 Å². The number of benzene rings is 1. The topological polar surface area (TPSA) is 55.6 Å². The predicted molar refractivity (Wildman–Crippen MR) is 64.4 cm³/mol. The molecule has 1 aromatic rings. The van der Waals surface area contributed by atoms with Crippen LogP contribution in [0.25, 0.3) is 0 Å². The molecule has 1 unspecified atom stereocenters. The second kappa shape index (κ2) is 5.63. The molecule has 0 bridgehead atoms. The highest BCUT2D eigenvalue weighted by atomic mass is 16.5. The van der Waals surface area contributed by atoms with Crippen LogP contribution in [0.15, 0.2) is 24.3 Å². The third-order valence-corrected chi connectivity index (χ3v) is 2.42. The molecule has 0 saturated carbocycles. The summed E-state index contributed by atoms with van der Waals surface area (Å²) in [6, 6.07) is 7.10. The number of anilines is 1. The molecule has 88 valence electrons. The Morgan fingerprint density at radius 1 is 1.44 bits per heavy atom. The van der Waals surface area contributed by atoms with Crippen LogP contribution in [-0.2, 0) is 9.53 Å². The molecule has 0 aliphatic rings. The SMILES string of the molecule is COCC(N)C(=O)N(C)c1ccc(C)cc1. The summed E-state index contributed by atoms with van der Waals surface area (Å²) in [5.41, 5.74) is 7.67. The van der Waals surface area contributed by atoms with Gasteiger partial charge in [-0.15, -0.1) is 0 Å². The Hall–Kier alpha value is -1.39. The summed E-state index contributed by atoms with van der Waals surface area (Å²) in [5.74, 6) is -0.147. The largest absolute Gasteiger partial charge is 0.383 e. The monoisotopic (exact) mass is 222 g/mol. The quantitative estimate of drug-likeness (QED) is 0.824. The number of hydrogen-bond acceptors (Lipinski definition) is 3. The maximum atomic E-state index is 11.8. The molecular formula is C12H18N2O2. The minimum atomic E-state index is -0.615. The number of methoxy groups -OCH3 is 1. The van der Waals surface area contributed by atoms with Gasteiger partial charge in [-0.2, -0.15) is 0 Å². The third kappa shape index (κ3) is 3.05. The second-order valence-electron chi connectivity index (χ2n) is 3.79. The van der Waals surface area contributed by atoms with Gasteiger partial charge in [-0.1, -0.05) is 17.7 Å². The Kier molecular flexibility index (Phi) is 4.46. The number of nitrogens with zero attached hydrogens (tertiary/aromatic N) is 1. The van der Waals surface area contributed by atoms with Gasteiger partial charge < -0.3 is 15.4 Å². The number of aryl methyl sites for hydroxylation is 1. The van der Waals surface area contributed by atoms with E-state index in [1.54, 1.807) is 11.9 Å². The van der Waals surface area contributed by atoms with Crippen molar-refractivity contribution in [2.75, 3.05) is 25.7 Å². The van der Waals surface area contributed by atoms with Gasteiger partial charge >= 0.3 is 0 Å². The number of rotatable bonds is 4. The molecule has 0 aliphatic heterocycles. The first-order valence-corrected chi connectivity index (χ1v) is 5.15. The summed E-state index contributed by atoms with van der Waals surface area (Å²) < 4.78 is 4.86. The van der Waals surface area contributed by atoms with E-state index in [0.717, 1.165) is 11.3 Å². The molecule has 4 nitrogen and oxygen atoms in total. The first-order chi connectivity index (χ1) is 7.56. The van der Waals surface area contributed by atoms with Gasteiger partial charge in [0.2, 0.25) is 5.91 Å². The fourth-order valence-electron chi connectivity index (χ4n) is 1.40. The van der Waals surface area contributed by atoms with Crippen LogP contribution in [0.5, 0.6) is 0 Å². The van der Waals surface area contributed by atoms with E-state index in [1.165, 1.54) is 7.11 Å². The van der Waals surface area contributed by atoms with Gasteiger partial charge in [-0.25, -0.2) is 0 Å². The van der Waals surface area contributed by atoms with Crippen LogP contribution in [0.1, 0.15) is 5.56 Å². The average molecular weight is 222 g/mol. The molecular weight excluding hydrogens is 204 g/mol. The maximum absolute atomic E-state index is 11.8. The van der Waals surface area contributed by atoms with Crippen molar-refractivity contribution >= 4 is 11.6 Å². The molecule has 0 fully saturated rings. The molecule has 4 heteroatoms. The molecule has 0 spiro atoms. The number of nitrogens with two attached hydrogens (primary N) is 1. The van der Waals surface area contributed by atoms with E-state index in [-0.39, 0.29) is 12.5 Å². The average Bonchev–Trinajstić information content (AvgIpc) is 2.28. The summed E-state index contributed by atoms with van der Waals surface area (Å²) in [7, 11) is 3.24. The third-order valence-electron chi connectivity index (χ3n) is 2.42. The van der Waals surface area contributed by atoms with Crippen molar-refractivity contribution in [2.24, 2.45) is 5.73 Å². The highest BCUT2D eigenvalue weighted by molar-refractivity contribution is 5.96. The van der Waals surface area contributed by atoms with Crippen LogP contribution in [0.4, 0.5) is 5.69 Å². The molecule has 0 heterocycles. The lowest BCUT2D eigenvalue weighted by molar-refractivity contribution is -0.120. The van der Waals surface area contributed by atoms with Crippen molar-refractivity contribution in [1.29, 1.82) is 0 Å². The molecule has 0 saturated heterocycles. The van der Waals surface area contributed by atoms with Crippen molar-refractivity contribution < 1.29 is 9.53 Å². The van der Waals surface area contributed by atoms with Crippen molar-refractivity contribution in [3.8, 4) is 0 Å². The lowest BCUT2D eigenvalue weighted by Gasteiger charge is -2.21. The number of carbonyl (C=O) groups is 1. The number of ether oxygens (including phenoxy) is 1. The van der Waals surface area contributed by atoms with Crippen molar-refractivity contribution in [1.82, 2.24) is 0 Å². The second-order valence-corrected chi connectivity index (χ2v) is 3.79. The molecule has 1 atom stereocenters. The Morgan fingerprint density at radius 3 is 2.50 bits per heavy atom. The fourth-order valence-corrected chi connectivity index (χ4v) is 1.40. The Morgan fingerprint density at radius 2 is 2.00 bits per heavy atom. The van der Waals surface area contributed by atoms with Gasteiger partial charge in [0.05, 0.1) is 6.61 Å². The van der Waals surface area contributed by atoms with Crippen LogP contribution in [0, 0.1) is 6.92 Å². The minimum absolute atomic E-state index is 0.147. The smallest absolute Gasteiger partial charge is 0.246 e. The number of likely N-dealkylation sites (N-methyl/N-ethyl adjacent to an activating group) is 1. The van der Waals surface area contributed by atoms with Gasteiger partial charge in [0.25, 0.3) is 0 Å². The van der Waals surface area contributed by atoms with E-state index in [0.29, 0.717) is 0 Å². The van der Waals surface area contributed by atoms with Gasteiger partial charge in [-0.05, 0) is 19.1 Å². The highest BCUT2D eigenvalue weighted by Gasteiger charge is 2.18. The Labute approximate surface area is 96.0 Å². The lowest BCUT2D eigenvalue weighted by atomic mass is 10.2. The van der Waals surface area contributed by atoms with E-state index in [4.69, 9.17) is 10.5 Å².